The zero-order valence-corrected chi connectivity index (χ0v) is 10.7. The van der Waals surface area contributed by atoms with Crippen molar-refractivity contribution in [3.8, 4) is 0 Å². The Kier molecular flexibility index (Phi) is 5.46. The summed E-state index contributed by atoms with van der Waals surface area (Å²) in [6, 6.07) is 5.04. The first-order valence-corrected chi connectivity index (χ1v) is 6.28. The van der Waals surface area contributed by atoms with Crippen LogP contribution in [0, 0.1) is 5.82 Å². The Balaban J connectivity index is 2.57. The first kappa shape index (κ1) is 13.2. The topological polar surface area (TPSA) is 26.3 Å². The predicted molar refractivity (Wildman–Crippen MR) is 64.0 cm³/mol. The zero-order valence-electron chi connectivity index (χ0n) is 9.13. The molecule has 0 aliphatic rings. The van der Waals surface area contributed by atoms with Crippen molar-refractivity contribution < 1.29 is 13.9 Å². The van der Waals surface area contributed by atoms with Gasteiger partial charge in [-0.25, -0.2) is 4.39 Å². The second kappa shape index (κ2) is 6.63. The minimum Gasteiger partial charge on any atom is -0.466 e. The quantitative estimate of drug-likeness (QED) is 0.614. The molecule has 0 saturated heterocycles. The largest absolute Gasteiger partial charge is 0.466 e. The predicted octanol–water partition coefficient (Wildman–Crippen LogP) is 3.22. The van der Waals surface area contributed by atoms with Crippen LogP contribution in [0.3, 0.4) is 0 Å². The molecule has 1 aromatic rings. The van der Waals surface area contributed by atoms with E-state index in [1.54, 1.807) is 13.0 Å². The number of benzene rings is 1. The van der Waals surface area contributed by atoms with E-state index in [0.29, 0.717) is 23.9 Å². The fraction of sp³-hybridized carbons (Fsp3) is 0.417. The summed E-state index contributed by atoms with van der Waals surface area (Å²) in [6.07, 6.45) is 0.603. The second-order valence-electron chi connectivity index (χ2n) is 3.36. The number of alkyl halides is 1. The molecule has 4 heteroatoms. The molecule has 0 aromatic heterocycles. The third kappa shape index (κ3) is 3.93. The zero-order chi connectivity index (χ0) is 12.0. The molecule has 0 spiro atoms. The van der Waals surface area contributed by atoms with Crippen LogP contribution in [0.2, 0.25) is 0 Å². The van der Waals surface area contributed by atoms with Crippen LogP contribution in [0.1, 0.15) is 24.5 Å². The Hall–Kier alpha value is -0.900. The molecule has 0 unspecified atom stereocenters. The molecule has 16 heavy (non-hydrogen) atoms. The average molecular weight is 289 g/mol. The fourth-order valence-corrected chi connectivity index (χ4v) is 1.70. The Morgan fingerprint density at radius 1 is 1.50 bits per heavy atom. The number of hydrogen-bond acceptors (Lipinski definition) is 2. The first-order chi connectivity index (χ1) is 7.67. The lowest BCUT2D eigenvalue weighted by molar-refractivity contribution is -0.143. The Morgan fingerprint density at radius 3 is 2.81 bits per heavy atom. The summed E-state index contributed by atoms with van der Waals surface area (Å²) in [6.45, 7) is 2.12. The molecule has 0 amide bonds. The van der Waals surface area contributed by atoms with Gasteiger partial charge in [0.25, 0.3) is 0 Å². The monoisotopic (exact) mass is 288 g/mol. The smallest absolute Gasteiger partial charge is 0.306 e. The molecule has 0 saturated carbocycles. The summed E-state index contributed by atoms with van der Waals surface area (Å²) < 4.78 is 18.3. The van der Waals surface area contributed by atoms with Crippen LogP contribution in [0.15, 0.2) is 18.2 Å². The van der Waals surface area contributed by atoms with Gasteiger partial charge >= 0.3 is 5.97 Å². The molecule has 0 heterocycles. The summed E-state index contributed by atoms with van der Waals surface area (Å²) in [5.41, 5.74) is 1.44. The molecule has 0 radical (unpaired) electrons. The third-order valence-corrected chi connectivity index (χ3v) is 2.82. The molecule has 88 valence electrons. The molecular formula is C12H14BrFO2. The Labute approximate surface area is 103 Å². The fourth-order valence-electron chi connectivity index (χ4n) is 1.35. The number of aryl methyl sites for hydroxylation is 1. The lowest BCUT2D eigenvalue weighted by Crippen LogP contribution is -2.06. The molecule has 1 aromatic carbocycles. The lowest BCUT2D eigenvalue weighted by Gasteiger charge is -2.04. The van der Waals surface area contributed by atoms with E-state index in [4.69, 9.17) is 4.74 Å². The number of halogens is 2. The SMILES string of the molecule is CCOC(=O)CCc1ccc(CBr)cc1F. The van der Waals surface area contributed by atoms with E-state index in [0.717, 1.165) is 5.56 Å². The Bertz CT molecular complexity index is 366. The van der Waals surface area contributed by atoms with Crippen LogP contribution in [-0.4, -0.2) is 12.6 Å². The van der Waals surface area contributed by atoms with Crippen molar-refractivity contribution >= 4 is 21.9 Å². The third-order valence-electron chi connectivity index (χ3n) is 2.18. The maximum absolute atomic E-state index is 13.5. The van der Waals surface area contributed by atoms with Crippen molar-refractivity contribution in [3.63, 3.8) is 0 Å². The van der Waals surface area contributed by atoms with Crippen LogP contribution in [0.5, 0.6) is 0 Å². The number of ether oxygens (including phenoxy) is 1. The van der Waals surface area contributed by atoms with Crippen LogP contribution < -0.4 is 0 Å². The number of hydrogen-bond donors (Lipinski definition) is 0. The maximum atomic E-state index is 13.5. The van der Waals surface area contributed by atoms with Crippen molar-refractivity contribution in [1.29, 1.82) is 0 Å². The van der Waals surface area contributed by atoms with Gasteiger partial charge in [-0.2, -0.15) is 0 Å². The highest BCUT2D eigenvalue weighted by Crippen LogP contribution is 2.14. The molecular weight excluding hydrogens is 275 g/mol. The van der Waals surface area contributed by atoms with Gasteiger partial charge in [-0.3, -0.25) is 4.79 Å². The van der Waals surface area contributed by atoms with Crippen molar-refractivity contribution in [2.45, 2.75) is 25.1 Å². The Morgan fingerprint density at radius 2 is 2.25 bits per heavy atom. The van der Waals surface area contributed by atoms with E-state index in [2.05, 4.69) is 15.9 Å². The lowest BCUT2D eigenvalue weighted by atomic mass is 10.1. The van der Waals surface area contributed by atoms with Crippen LogP contribution in [0.4, 0.5) is 4.39 Å². The van der Waals surface area contributed by atoms with E-state index in [-0.39, 0.29) is 18.2 Å². The highest BCUT2D eigenvalue weighted by Gasteiger charge is 2.07. The highest BCUT2D eigenvalue weighted by atomic mass is 79.9. The van der Waals surface area contributed by atoms with Gasteiger partial charge in [0.15, 0.2) is 0 Å². The average Bonchev–Trinajstić information content (AvgIpc) is 2.27. The van der Waals surface area contributed by atoms with E-state index in [1.165, 1.54) is 6.07 Å². The van der Waals surface area contributed by atoms with Gasteiger partial charge in [0.1, 0.15) is 5.82 Å². The summed E-state index contributed by atoms with van der Waals surface area (Å²) in [4.78, 5) is 11.1. The summed E-state index contributed by atoms with van der Waals surface area (Å²) in [5.74, 6) is -0.548. The molecule has 0 N–H and O–H groups in total. The molecule has 0 fully saturated rings. The van der Waals surface area contributed by atoms with Crippen LogP contribution in [-0.2, 0) is 21.3 Å². The number of carbonyl (C=O) groups is 1. The normalized spacial score (nSPS) is 10.2. The summed E-state index contributed by atoms with van der Waals surface area (Å²) in [5, 5.41) is 0.627. The summed E-state index contributed by atoms with van der Waals surface area (Å²) in [7, 11) is 0. The minimum absolute atomic E-state index is 0.221. The van der Waals surface area contributed by atoms with Gasteiger partial charge in [0.2, 0.25) is 0 Å². The number of carbonyl (C=O) groups excluding carboxylic acids is 1. The summed E-state index contributed by atoms with van der Waals surface area (Å²) >= 11 is 3.26. The van der Waals surface area contributed by atoms with Gasteiger partial charge in [-0.05, 0) is 30.5 Å². The molecule has 1 rings (SSSR count). The van der Waals surface area contributed by atoms with Crippen LogP contribution >= 0.6 is 15.9 Å². The van der Waals surface area contributed by atoms with Gasteiger partial charge in [-0.15, -0.1) is 0 Å². The van der Waals surface area contributed by atoms with Crippen LogP contribution in [0.25, 0.3) is 0 Å². The first-order valence-electron chi connectivity index (χ1n) is 5.16. The standard InChI is InChI=1S/C12H14BrFO2/c1-2-16-12(15)6-5-10-4-3-9(8-13)7-11(10)14/h3-4,7H,2,5-6,8H2,1H3. The number of rotatable bonds is 5. The van der Waals surface area contributed by atoms with Gasteiger partial charge < -0.3 is 4.74 Å². The molecule has 0 aliphatic carbocycles. The van der Waals surface area contributed by atoms with E-state index in [1.807, 2.05) is 6.07 Å². The molecule has 2 nitrogen and oxygen atoms in total. The van der Waals surface area contributed by atoms with Crippen molar-refractivity contribution in [2.75, 3.05) is 6.61 Å². The van der Waals surface area contributed by atoms with Crippen molar-refractivity contribution in [1.82, 2.24) is 0 Å². The van der Waals surface area contributed by atoms with E-state index in [9.17, 15) is 9.18 Å². The molecule has 0 atom stereocenters. The van der Waals surface area contributed by atoms with Crippen molar-refractivity contribution in [3.05, 3.63) is 35.1 Å². The van der Waals surface area contributed by atoms with Gasteiger partial charge in [0, 0.05) is 11.8 Å². The molecule has 0 aliphatic heterocycles. The van der Waals surface area contributed by atoms with Gasteiger partial charge in [-0.1, -0.05) is 28.1 Å². The number of esters is 1. The molecule has 0 bridgehead atoms. The van der Waals surface area contributed by atoms with E-state index < -0.39 is 0 Å². The second-order valence-corrected chi connectivity index (χ2v) is 3.93. The van der Waals surface area contributed by atoms with E-state index >= 15 is 0 Å². The van der Waals surface area contributed by atoms with Gasteiger partial charge in [0.05, 0.1) is 6.61 Å². The van der Waals surface area contributed by atoms with Crippen molar-refractivity contribution in [2.24, 2.45) is 0 Å². The minimum atomic E-state index is -0.286. The maximum Gasteiger partial charge on any atom is 0.306 e. The highest BCUT2D eigenvalue weighted by molar-refractivity contribution is 9.08.